The SMILES string of the molecule is Cc1ccc(S(=O)(=O)NC[C@@H]2C[C@H]3C=C[C@H]2C3)cc1. The third kappa shape index (κ3) is 2.60. The standard InChI is InChI=1S/C15H19NO2S/c1-11-2-6-15(7-3-11)19(17,18)16-10-14-9-12-4-5-13(14)8-12/h2-7,12-14,16H,8-10H2,1H3/t12-,13-,14-/m0/s1. The number of hydrogen-bond acceptors (Lipinski definition) is 2. The molecule has 0 saturated heterocycles. The molecule has 2 aliphatic carbocycles. The summed E-state index contributed by atoms with van der Waals surface area (Å²) in [4.78, 5) is 0.358. The van der Waals surface area contributed by atoms with Gasteiger partial charge in [0.05, 0.1) is 4.90 Å². The molecule has 0 radical (unpaired) electrons. The van der Waals surface area contributed by atoms with E-state index in [2.05, 4.69) is 16.9 Å². The molecule has 2 bridgehead atoms. The van der Waals surface area contributed by atoms with Crippen LogP contribution in [0.5, 0.6) is 0 Å². The Kier molecular flexibility index (Phi) is 3.23. The Morgan fingerprint density at radius 3 is 2.47 bits per heavy atom. The zero-order valence-electron chi connectivity index (χ0n) is 11.0. The van der Waals surface area contributed by atoms with Crippen LogP contribution in [0.3, 0.4) is 0 Å². The molecular weight excluding hydrogens is 258 g/mol. The third-order valence-electron chi connectivity index (χ3n) is 4.28. The molecule has 1 saturated carbocycles. The molecule has 19 heavy (non-hydrogen) atoms. The van der Waals surface area contributed by atoms with E-state index in [1.54, 1.807) is 12.1 Å². The van der Waals surface area contributed by atoms with E-state index in [1.165, 1.54) is 6.42 Å². The van der Waals surface area contributed by atoms with Crippen LogP contribution in [0.4, 0.5) is 0 Å². The number of sulfonamides is 1. The van der Waals surface area contributed by atoms with Gasteiger partial charge in [-0.2, -0.15) is 0 Å². The number of fused-ring (bicyclic) bond motifs is 2. The highest BCUT2D eigenvalue weighted by Gasteiger charge is 2.35. The quantitative estimate of drug-likeness (QED) is 0.859. The number of allylic oxidation sites excluding steroid dienone is 2. The van der Waals surface area contributed by atoms with Crippen LogP contribution < -0.4 is 4.72 Å². The maximum Gasteiger partial charge on any atom is 0.240 e. The van der Waals surface area contributed by atoms with Gasteiger partial charge in [0.15, 0.2) is 0 Å². The molecular formula is C15H19NO2S. The zero-order chi connectivity index (χ0) is 13.5. The third-order valence-corrected chi connectivity index (χ3v) is 5.72. The summed E-state index contributed by atoms with van der Waals surface area (Å²) < 4.78 is 27.1. The van der Waals surface area contributed by atoms with E-state index < -0.39 is 10.0 Å². The van der Waals surface area contributed by atoms with Gasteiger partial charge in [0, 0.05) is 6.54 Å². The Morgan fingerprint density at radius 2 is 1.89 bits per heavy atom. The van der Waals surface area contributed by atoms with Crippen molar-refractivity contribution < 1.29 is 8.42 Å². The molecule has 1 N–H and O–H groups in total. The molecule has 1 fully saturated rings. The Morgan fingerprint density at radius 1 is 1.16 bits per heavy atom. The lowest BCUT2D eigenvalue weighted by Gasteiger charge is -2.18. The second kappa shape index (κ2) is 4.76. The van der Waals surface area contributed by atoms with Gasteiger partial charge >= 0.3 is 0 Å². The average Bonchev–Trinajstić information content (AvgIpc) is 2.99. The summed E-state index contributed by atoms with van der Waals surface area (Å²) in [6.07, 6.45) is 6.85. The molecule has 1 aromatic rings. The first-order valence-corrected chi connectivity index (χ1v) is 8.27. The van der Waals surface area contributed by atoms with Crippen molar-refractivity contribution in [3.8, 4) is 0 Å². The first-order valence-electron chi connectivity index (χ1n) is 6.79. The van der Waals surface area contributed by atoms with Gasteiger partial charge in [-0.1, -0.05) is 29.8 Å². The molecule has 102 valence electrons. The minimum absolute atomic E-state index is 0.358. The van der Waals surface area contributed by atoms with E-state index in [0.29, 0.717) is 29.2 Å². The summed E-state index contributed by atoms with van der Waals surface area (Å²) in [6, 6.07) is 6.99. The van der Waals surface area contributed by atoms with Gasteiger partial charge in [0.25, 0.3) is 0 Å². The second-order valence-corrected chi connectivity index (χ2v) is 7.47. The van der Waals surface area contributed by atoms with Crippen LogP contribution in [0.25, 0.3) is 0 Å². The maximum atomic E-state index is 12.2. The first-order chi connectivity index (χ1) is 9.04. The maximum absolute atomic E-state index is 12.2. The lowest BCUT2D eigenvalue weighted by Crippen LogP contribution is -2.31. The minimum atomic E-state index is -3.36. The van der Waals surface area contributed by atoms with Crippen LogP contribution in [0.2, 0.25) is 0 Å². The number of hydrogen-bond donors (Lipinski definition) is 1. The van der Waals surface area contributed by atoms with Crippen LogP contribution in [0, 0.1) is 24.7 Å². The fraction of sp³-hybridized carbons (Fsp3) is 0.467. The summed E-state index contributed by atoms with van der Waals surface area (Å²) >= 11 is 0. The van der Waals surface area contributed by atoms with E-state index in [-0.39, 0.29) is 0 Å². The Labute approximate surface area is 114 Å². The van der Waals surface area contributed by atoms with Crippen LogP contribution in [-0.4, -0.2) is 15.0 Å². The lowest BCUT2D eigenvalue weighted by molar-refractivity contribution is 0.440. The van der Waals surface area contributed by atoms with Crippen molar-refractivity contribution in [2.75, 3.05) is 6.54 Å². The van der Waals surface area contributed by atoms with Crippen molar-refractivity contribution in [1.82, 2.24) is 4.72 Å². The van der Waals surface area contributed by atoms with Crippen molar-refractivity contribution in [3.63, 3.8) is 0 Å². The largest absolute Gasteiger partial charge is 0.240 e. The van der Waals surface area contributed by atoms with E-state index in [0.717, 1.165) is 12.0 Å². The fourth-order valence-electron chi connectivity index (χ4n) is 3.15. The lowest BCUT2D eigenvalue weighted by atomic mass is 9.94. The highest BCUT2D eigenvalue weighted by atomic mass is 32.2. The molecule has 1 aromatic carbocycles. The normalized spacial score (nSPS) is 29.0. The predicted octanol–water partition coefficient (Wildman–Crippen LogP) is 2.49. The molecule has 0 amide bonds. The summed E-state index contributed by atoms with van der Waals surface area (Å²) in [6.45, 7) is 2.51. The van der Waals surface area contributed by atoms with Crippen molar-refractivity contribution in [3.05, 3.63) is 42.0 Å². The highest BCUT2D eigenvalue weighted by molar-refractivity contribution is 7.89. The molecule has 0 aromatic heterocycles. The van der Waals surface area contributed by atoms with Crippen molar-refractivity contribution in [2.45, 2.75) is 24.7 Å². The monoisotopic (exact) mass is 277 g/mol. The van der Waals surface area contributed by atoms with Gasteiger partial charge in [0.2, 0.25) is 10.0 Å². The van der Waals surface area contributed by atoms with Crippen LogP contribution in [-0.2, 0) is 10.0 Å². The van der Waals surface area contributed by atoms with Gasteiger partial charge in [-0.05, 0) is 49.7 Å². The van der Waals surface area contributed by atoms with E-state index in [4.69, 9.17) is 0 Å². The number of benzene rings is 1. The molecule has 0 unspecified atom stereocenters. The average molecular weight is 277 g/mol. The van der Waals surface area contributed by atoms with Crippen molar-refractivity contribution >= 4 is 10.0 Å². The minimum Gasteiger partial charge on any atom is -0.211 e. The molecule has 0 heterocycles. The van der Waals surface area contributed by atoms with Crippen molar-refractivity contribution in [2.24, 2.45) is 17.8 Å². The summed E-state index contributed by atoms with van der Waals surface area (Å²) in [5.41, 5.74) is 1.07. The summed E-state index contributed by atoms with van der Waals surface area (Å²) in [5, 5.41) is 0. The molecule has 3 nitrogen and oxygen atoms in total. The van der Waals surface area contributed by atoms with Gasteiger partial charge in [-0.15, -0.1) is 0 Å². The van der Waals surface area contributed by atoms with E-state index in [1.807, 2.05) is 19.1 Å². The number of nitrogens with one attached hydrogen (secondary N) is 1. The summed E-state index contributed by atoms with van der Waals surface area (Å²) in [7, 11) is -3.36. The van der Waals surface area contributed by atoms with Gasteiger partial charge < -0.3 is 0 Å². The summed E-state index contributed by atoms with van der Waals surface area (Å²) in [5.74, 6) is 1.72. The molecule has 4 heteroatoms. The van der Waals surface area contributed by atoms with Crippen LogP contribution in [0.15, 0.2) is 41.3 Å². The second-order valence-electron chi connectivity index (χ2n) is 5.71. The number of rotatable bonds is 4. The molecule has 2 aliphatic rings. The molecule has 0 spiro atoms. The van der Waals surface area contributed by atoms with Crippen LogP contribution in [0.1, 0.15) is 18.4 Å². The fourth-order valence-corrected chi connectivity index (χ4v) is 4.24. The zero-order valence-corrected chi connectivity index (χ0v) is 11.9. The Bertz CT molecular complexity index is 589. The molecule has 3 rings (SSSR count). The smallest absolute Gasteiger partial charge is 0.211 e. The number of aryl methyl sites for hydroxylation is 1. The van der Waals surface area contributed by atoms with Crippen LogP contribution >= 0.6 is 0 Å². The molecule has 0 aliphatic heterocycles. The Balaban J connectivity index is 1.66. The Hall–Kier alpha value is -1.13. The van der Waals surface area contributed by atoms with E-state index in [9.17, 15) is 8.42 Å². The van der Waals surface area contributed by atoms with Gasteiger partial charge in [-0.25, -0.2) is 13.1 Å². The topological polar surface area (TPSA) is 46.2 Å². The molecule has 3 atom stereocenters. The van der Waals surface area contributed by atoms with Gasteiger partial charge in [0.1, 0.15) is 0 Å². The first kappa shape index (κ1) is 12.9. The van der Waals surface area contributed by atoms with Gasteiger partial charge in [-0.3, -0.25) is 0 Å². The van der Waals surface area contributed by atoms with Crippen molar-refractivity contribution in [1.29, 1.82) is 0 Å². The van der Waals surface area contributed by atoms with E-state index >= 15 is 0 Å². The predicted molar refractivity (Wildman–Crippen MR) is 75.2 cm³/mol. The highest BCUT2D eigenvalue weighted by Crippen LogP contribution is 2.43.